The molecule has 0 bridgehead atoms. The first-order chi connectivity index (χ1) is 19.2. The molecule has 2 amide bonds. The molecule has 1 unspecified atom stereocenters. The molecule has 0 aliphatic heterocycles. The summed E-state index contributed by atoms with van der Waals surface area (Å²) in [6.45, 7) is 14.9. The number of carbonyl (C=O) groups excluding carboxylic acids is 2. The van der Waals surface area contributed by atoms with E-state index in [4.69, 9.17) is 0 Å². The average molecular weight is 578 g/mol. The van der Waals surface area contributed by atoms with Gasteiger partial charge in [-0.25, -0.2) is 8.42 Å². The van der Waals surface area contributed by atoms with Gasteiger partial charge < -0.3 is 10.2 Å². The number of carbonyl (C=O) groups is 2. The van der Waals surface area contributed by atoms with E-state index in [9.17, 15) is 18.0 Å². The molecule has 220 valence electrons. The van der Waals surface area contributed by atoms with Gasteiger partial charge in [-0.3, -0.25) is 13.9 Å². The van der Waals surface area contributed by atoms with Crippen LogP contribution in [-0.2, 0) is 26.2 Å². The molecule has 3 aromatic carbocycles. The first-order valence-electron chi connectivity index (χ1n) is 14.0. The van der Waals surface area contributed by atoms with E-state index in [2.05, 4.69) is 5.32 Å². The number of rotatable bonds is 10. The Labute approximate surface area is 245 Å². The molecule has 1 atom stereocenters. The Bertz CT molecular complexity index is 1490. The van der Waals surface area contributed by atoms with Crippen LogP contribution in [0.2, 0.25) is 0 Å². The van der Waals surface area contributed by atoms with Crippen molar-refractivity contribution in [3.8, 4) is 0 Å². The second kappa shape index (κ2) is 12.9. The predicted molar refractivity (Wildman–Crippen MR) is 165 cm³/mol. The quantitative estimate of drug-likeness (QED) is 0.328. The summed E-state index contributed by atoms with van der Waals surface area (Å²) >= 11 is 0. The number of hydrogen-bond donors (Lipinski definition) is 1. The molecule has 0 heterocycles. The Kier molecular flexibility index (Phi) is 10.0. The monoisotopic (exact) mass is 577 g/mol. The van der Waals surface area contributed by atoms with Crippen molar-refractivity contribution in [1.82, 2.24) is 10.2 Å². The Balaban J connectivity index is 2.13. The summed E-state index contributed by atoms with van der Waals surface area (Å²) < 4.78 is 29.4. The highest BCUT2D eigenvalue weighted by molar-refractivity contribution is 7.92. The molecule has 0 radical (unpaired) electrons. The van der Waals surface area contributed by atoms with E-state index < -0.39 is 34.1 Å². The van der Waals surface area contributed by atoms with E-state index in [0.29, 0.717) is 12.1 Å². The van der Waals surface area contributed by atoms with Gasteiger partial charge in [-0.2, -0.15) is 0 Å². The molecule has 0 aliphatic carbocycles. The van der Waals surface area contributed by atoms with E-state index in [-0.39, 0.29) is 17.3 Å². The van der Waals surface area contributed by atoms with Crippen LogP contribution in [0.3, 0.4) is 0 Å². The molecule has 7 nitrogen and oxygen atoms in total. The van der Waals surface area contributed by atoms with E-state index in [1.807, 2.05) is 85.7 Å². The van der Waals surface area contributed by atoms with Crippen molar-refractivity contribution in [2.75, 3.05) is 10.8 Å². The maximum Gasteiger partial charge on any atom is 0.264 e. The van der Waals surface area contributed by atoms with Crippen molar-refractivity contribution in [1.29, 1.82) is 0 Å². The van der Waals surface area contributed by atoms with Crippen LogP contribution in [0.4, 0.5) is 5.69 Å². The van der Waals surface area contributed by atoms with Gasteiger partial charge in [-0.15, -0.1) is 0 Å². The molecule has 1 N–H and O–H groups in total. The van der Waals surface area contributed by atoms with Crippen LogP contribution < -0.4 is 9.62 Å². The van der Waals surface area contributed by atoms with Crippen LogP contribution in [-0.4, -0.2) is 43.3 Å². The molecular weight excluding hydrogens is 534 g/mol. The number of amides is 2. The van der Waals surface area contributed by atoms with Gasteiger partial charge in [0.25, 0.3) is 10.0 Å². The first-order valence-corrected chi connectivity index (χ1v) is 15.4. The third-order valence-corrected chi connectivity index (χ3v) is 8.99. The topological polar surface area (TPSA) is 86.8 Å². The molecular formula is C33H43N3O4S. The Morgan fingerprint density at radius 3 is 2.05 bits per heavy atom. The van der Waals surface area contributed by atoms with E-state index in [0.717, 1.165) is 27.8 Å². The number of benzene rings is 3. The van der Waals surface area contributed by atoms with Crippen LogP contribution in [0.25, 0.3) is 0 Å². The normalized spacial score (nSPS) is 12.5. The van der Waals surface area contributed by atoms with Crippen molar-refractivity contribution in [3.63, 3.8) is 0 Å². The second-order valence-corrected chi connectivity index (χ2v) is 13.5. The number of anilines is 1. The van der Waals surface area contributed by atoms with E-state index >= 15 is 0 Å². The lowest BCUT2D eigenvalue weighted by molar-refractivity contribution is -0.141. The molecule has 3 aromatic rings. The predicted octanol–water partition coefficient (Wildman–Crippen LogP) is 5.84. The highest BCUT2D eigenvalue weighted by atomic mass is 32.2. The Morgan fingerprint density at radius 2 is 1.46 bits per heavy atom. The second-order valence-electron chi connectivity index (χ2n) is 11.7. The number of sulfonamides is 1. The Hall–Kier alpha value is -3.65. The third kappa shape index (κ3) is 7.76. The molecule has 0 saturated carbocycles. The Morgan fingerprint density at radius 1 is 0.854 bits per heavy atom. The lowest BCUT2D eigenvalue weighted by Gasteiger charge is -2.35. The molecule has 0 aliphatic rings. The first kappa shape index (κ1) is 31.9. The number of hydrogen-bond acceptors (Lipinski definition) is 4. The van der Waals surface area contributed by atoms with Crippen molar-refractivity contribution in [2.24, 2.45) is 0 Å². The minimum absolute atomic E-state index is 0.0970. The zero-order valence-corrected chi connectivity index (χ0v) is 26.3. The van der Waals surface area contributed by atoms with Crippen molar-refractivity contribution < 1.29 is 18.0 Å². The van der Waals surface area contributed by atoms with Gasteiger partial charge >= 0.3 is 0 Å². The molecule has 8 heteroatoms. The van der Waals surface area contributed by atoms with Crippen LogP contribution in [0.1, 0.15) is 61.9 Å². The van der Waals surface area contributed by atoms with Gasteiger partial charge in [0.1, 0.15) is 12.6 Å². The summed E-state index contributed by atoms with van der Waals surface area (Å²) in [5.74, 6) is -0.734. The van der Waals surface area contributed by atoms with Gasteiger partial charge in [0.15, 0.2) is 0 Å². The maximum absolute atomic E-state index is 14.3. The van der Waals surface area contributed by atoms with Crippen molar-refractivity contribution in [3.05, 3.63) is 94.5 Å². The van der Waals surface area contributed by atoms with Gasteiger partial charge in [0.05, 0.1) is 10.6 Å². The summed E-state index contributed by atoms with van der Waals surface area (Å²) in [6.07, 6.45) is 0.369. The lowest BCUT2D eigenvalue weighted by Crippen LogP contribution is -2.55. The molecule has 0 aromatic heterocycles. The lowest BCUT2D eigenvalue weighted by atomic mass is 10.0. The summed E-state index contributed by atoms with van der Waals surface area (Å²) in [7, 11) is -4.12. The van der Waals surface area contributed by atoms with Gasteiger partial charge in [-0.05, 0) is 95.3 Å². The smallest absolute Gasteiger partial charge is 0.264 e. The fourth-order valence-corrected chi connectivity index (χ4v) is 6.17. The van der Waals surface area contributed by atoms with Crippen LogP contribution in [0.15, 0.2) is 71.6 Å². The minimum Gasteiger partial charge on any atom is -0.350 e. The van der Waals surface area contributed by atoms with Crippen molar-refractivity contribution in [2.45, 2.75) is 84.8 Å². The van der Waals surface area contributed by atoms with Crippen LogP contribution in [0, 0.1) is 27.7 Å². The standard InChI is InChI=1S/C33H43N3O4S/c1-9-29(32(38)34-33(6,7)8)35(21-27-15-11-10-13-25(27)4)31(37)22-36(30-16-12-14-24(3)26(30)5)41(39,40)28-19-17-23(2)18-20-28/h10-20,29H,9,21-22H2,1-8H3,(H,34,38). The third-order valence-electron chi connectivity index (χ3n) is 7.22. The van der Waals surface area contributed by atoms with Crippen LogP contribution >= 0.6 is 0 Å². The summed E-state index contributed by atoms with van der Waals surface area (Å²) in [4.78, 5) is 29.4. The van der Waals surface area contributed by atoms with Crippen molar-refractivity contribution >= 4 is 27.5 Å². The number of aryl methyl sites for hydroxylation is 3. The molecule has 0 saturated heterocycles. The van der Waals surface area contributed by atoms with Gasteiger partial charge in [0.2, 0.25) is 11.8 Å². The summed E-state index contributed by atoms with van der Waals surface area (Å²) in [6, 6.07) is 18.9. The fraction of sp³-hybridized carbons (Fsp3) is 0.394. The molecule has 0 fully saturated rings. The zero-order valence-electron chi connectivity index (χ0n) is 25.5. The number of nitrogens with zero attached hydrogens (tertiary/aromatic N) is 2. The van der Waals surface area contributed by atoms with Gasteiger partial charge in [-0.1, -0.05) is 61.0 Å². The maximum atomic E-state index is 14.3. The van der Waals surface area contributed by atoms with E-state index in [1.54, 1.807) is 36.4 Å². The van der Waals surface area contributed by atoms with E-state index in [1.165, 1.54) is 9.21 Å². The highest BCUT2D eigenvalue weighted by Gasteiger charge is 2.35. The molecule has 3 rings (SSSR count). The number of nitrogens with one attached hydrogen (secondary N) is 1. The van der Waals surface area contributed by atoms with Gasteiger partial charge in [0, 0.05) is 12.1 Å². The average Bonchev–Trinajstić information content (AvgIpc) is 2.89. The minimum atomic E-state index is -4.12. The SMILES string of the molecule is CCC(C(=O)NC(C)(C)C)N(Cc1ccccc1C)C(=O)CN(c1cccc(C)c1C)S(=O)(=O)c1ccc(C)cc1. The molecule has 41 heavy (non-hydrogen) atoms. The fourth-order valence-electron chi connectivity index (χ4n) is 4.70. The highest BCUT2D eigenvalue weighted by Crippen LogP contribution is 2.29. The zero-order chi connectivity index (χ0) is 30.5. The summed E-state index contributed by atoms with van der Waals surface area (Å²) in [5.41, 5.74) is 4.41. The summed E-state index contributed by atoms with van der Waals surface area (Å²) in [5, 5.41) is 3.00. The largest absolute Gasteiger partial charge is 0.350 e. The molecule has 0 spiro atoms. The van der Waals surface area contributed by atoms with Crippen LogP contribution in [0.5, 0.6) is 0 Å².